The van der Waals surface area contributed by atoms with Gasteiger partial charge >= 0.3 is 44.0 Å². The SMILES string of the molecule is CCO[Si]1(C2CC2)O[Si](OCC)(C2CC2)O[Si](OCC)(C2CC2)O[Si](OCC)(C2CC2)O[Si](OCC)(C2CC2)O1. The van der Waals surface area contributed by atoms with Crippen molar-refractivity contribution in [1.82, 2.24) is 0 Å². The third kappa shape index (κ3) is 6.00. The van der Waals surface area contributed by atoms with E-state index in [1.165, 1.54) is 0 Å². The van der Waals surface area contributed by atoms with E-state index in [2.05, 4.69) is 0 Å². The third-order valence-electron chi connectivity index (χ3n) is 8.54. The van der Waals surface area contributed by atoms with Gasteiger partial charge in [0.2, 0.25) is 0 Å². The van der Waals surface area contributed by atoms with Crippen molar-refractivity contribution in [2.24, 2.45) is 0 Å². The molecule has 40 heavy (non-hydrogen) atoms. The van der Waals surface area contributed by atoms with Crippen LogP contribution < -0.4 is 0 Å². The molecule has 6 rings (SSSR count). The minimum atomic E-state index is -3.38. The van der Waals surface area contributed by atoms with Crippen molar-refractivity contribution in [3.05, 3.63) is 0 Å². The van der Waals surface area contributed by atoms with Gasteiger partial charge in [0, 0.05) is 60.7 Å². The standard InChI is InChI=1S/C25H50O10Si5/c1-6-26-36(21-11-12-21)31-37(27-7-2,22-13-14-22)33-39(29-9-4,24-17-18-24)35-40(30-10-5,25-19-20-25)34-38(32-36,28-8-3)23-15-16-23/h21-25H,6-20H2,1-5H3. The number of rotatable bonds is 15. The summed E-state index contributed by atoms with van der Waals surface area (Å²) in [6.45, 7) is 12.6. The molecule has 10 nitrogen and oxygen atoms in total. The zero-order valence-electron chi connectivity index (χ0n) is 25.1. The van der Waals surface area contributed by atoms with E-state index in [-0.39, 0.29) is 27.7 Å². The van der Waals surface area contributed by atoms with Gasteiger partial charge in [-0.05, 0) is 98.8 Å². The largest absolute Gasteiger partial charge is 0.489 e. The second kappa shape index (κ2) is 11.9. The molecular formula is C25H50O10Si5. The Bertz CT molecular complexity index is 708. The first-order valence-corrected chi connectivity index (χ1v) is 25.1. The van der Waals surface area contributed by atoms with Gasteiger partial charge in [-0.15, -0.1) is 0 Å². The Morgan fingerprint density at radius 3 is 0.600 bits per heavy atom. The molecule has 1 aliphatic heterocycles. The van der Waals surface area contributed by atoms with E-state index in [0.29, 0.717) is 33.0 Å². The Kier molecular flexibility index (Phi) is 9.12. The molecule has 230 valence electrons. The van der Waals surface area contributed by atoms with Crippen LogP contribution in [0.2, 0.25) is 27.7 Å². The molecule has 0 N–H and O–H groups in total. The number of hydrogen-bond acceptors (Lipinski definition) is 10. The summed E-state index contributed by atoms with van der Waals surface area (Å²) in [7, 11) is -16.9. The van der Waals surface area contributed by atoms with Gasteiger partial charge in [0.15, 0.2) is 0 Å². The molecule has 0 unspecified atom stereocenters. The molecule has 0 aromatic carbocycles. The highest BCUT2D eigenvalue weighted by Gasteiger charge is 2.78. The molecule has 5 aliphatic carbocycles. The molecule has 1 heterocycles. The van der Waals surface area contributed by atoms with Gasteiger partial charge < -0.3 is 42.7 Å². The maximum atomic E-state index is 7.41. The van der Waals surface area contributed by atoms with E-state index in [9.17, 15) is 0 Å². The molecule has 6 fully saturated rings. The molecule has 0 aromatic heterocycles. The lowest BCUT2D eigenvalue weighted by molar-refractivity contribution is 0.0148. The first kappa shape index (κ1) is 30.7. The lowest BCUT2D eigenvalue weighted by atomic mass is 10.9. The summed E-state index contributed by atoms with van der Waals surface area (Å²) in [6.07, 6.45) is 10.1. The molecule has 6 aliphatic rings. The smallest absolute Gasteiger partial charge is 0.374 e. The highest BCUT2D eigenvalue weighted by atomic mass is 28.6. The van der Waals surface area contributed by atoms with Crippen molar-refractivity contribution in [1.29, 1.82) is 0 Å². The fourth-order valence-corrected chi connectivity index (χ4v) is 33.2. The van der Waals surface area contributed by atoms with Gasteiger partial charge in [0.1, 0.15) is 0 Å². The Balaban J connectivity index is 1.55. The van der Waals surface area contributed by atoms with Crippen molar-refractivity contribution < 1.29 is 42.7 Å². The molecular weight excluding hydrogens is 601 g/mol. The van der Waals surface area contributed by atoms with Gasteiger partial charge in [-0.1, -0.05) is 0 Å². The van der Waals surface area contributed by atoms with Gasteiger partial charge in [-0.3, -0.25) is 0 Å². The molecule has 0 radical (unpaired) electrons. The second-order valence-corrected chi connectivity index (χ2v) is 27.7. The van der Waals surface area contributed by atoms with Crippen LogP contribution in [0.4, 0.5) is 0 Å². The van der Waals surface area contributed by atoms with Crippen LogP contribution in [0.25, 0.3) is 0 Å². The van der Waals surface area contributed by atoms with Gasteiger partial charge in [-0.2, -0.15) is 0 Å². The first-order valence-electron chi connectivity index (χ1n) is 16.1. The van der Waals surface area contributed by atoms with Crippen LogP contribution in [0.3, 0.4) is 0 Å². The van der Waals surface area contributed by atoms with E-state index in [1.54, 1.807) is 0 Å². The average Bonchev–Trinajstić information content (AvgIpc) is 3.71. The van der Waals surface area contributed by atoms with Crippen LogP contribution in [-0.4, -0.2) is 77.1 Å². The second-order valence-electron chi connectivity index (χ2n) is 12.1. The van der Waals surface area contributed by atoms with Crippen molar-refractivity contribution in [2.45, 2.75) is 127 Å². The summed E-state index contributed by atoms with van der Waals surface area (Å²) in [6, 6.07) is 0. The molecule has 0 bridgehead atoms. The van der Waals surface area contributed by atoms with Gasteiger partial charge in [0.25, 0.3) is 0 Å². The lowest BCUT2D eigenvalue weighted by Crippen LogP contribution is -2.74. The fraction of sp³-hybridized carbons (Fsp3) is 1.00. The monoisotopic (exact) mass is 650 g/mol. The minimum absolute atomic E-state index is 0.199. The van der Waals surface area contributed by atoms with Crippen molar-refractivity contribution in [3.8, 4) is 0 Å². The normalized spacial score (nSPS) is 43.1. The summed E-state index contributed by atoms with van der Waals surface area (Å²) in [5.74, 6) is 0. The van der Waals surface area contributed by atoms with Crippen LogP contribution in [0.1, 0.15) is 98.8 Å². The molecule has 0 aromatic rings. The van der Waals surface area contributed by atoms with E-state index in [1.807, 2.05) is 34.6 Å². The molecule has 0 amide bonds. The van der Waals surface area contributed by atoms with Gasteiger partial charge in [0.05, 0.1) is 0 Å². The highest BCUT2D eigenvalue weighted by Crippen LogP contribution is 2.61. The highest BCUT2D eigenvalue weighted by molar-refractivity contribution is 6.91. The first-order chi connectivity index (χ1) is 19.4. The minimum Gasteiger partial charge on any atom is -0.374 e. The summed E-state index contributed by atoms with van der Waals surface area (Å²) in [5, 5.41) is 0. The Hall–Kier alpha value is 0.684. The van der Waals surface area contributed by atoms with Crippen LogP contribution in [0.15, 0.2) is 0 Å². The van der Waals surface area contributed by atoms with Crippen LogP contribution >= 0.6 is 0 Å². The quantitative estimate of drug-likeness (QED) is 0.203. The predicted octanol–water partition coefficient (Wildman–Crippen LogP) is 5.78. The van der Waals surface area contributed by atoms with E-state index in [4.69, 9.17) is 42.7 Å². The number of hydrogen-bond donors (Lipinski definition) is 0. The van der Waals surface area contributed by atoms with E-state index in [0.717, 1.165) is 64.2 Å². The summed E-state index contributed by atoms with van der Waals surface area (Å²) >= 11 is 0. The zero-order chi connectivity index (χ0) is 28.1. The van der Waals surface area contributed by atoms with Crippen molar-refractivity contribution >= 4 is 44.0 Å². The Morgan fingerprint density at radius 2 is 0.500 bits per heavy atom. The summed E-state index contributed by atoms with van der Waals surface area (Å²) in [5.41, 5.74) is 0.997. The maximum Gasteiger partial charge on any atom is 0.489 e. The summed E-state index contributed by atoms with van der Waals surface area (Å²) < 4.78 is 70.8. The zero-order valence-corrected chi connectivity index (χ0v) is 30.1. The summed E-state index contributed by atoms with van der Waals surface area (Å²) in [4.78, 5) is 0. The molecule has 0 atom stereocenters. The Morgan fingerprint density at radius 1 is 0.350 bits per heavy atom. The Labute approximate surface area is 245 Å². The average molecular weight is 651 g/mol. The predicted molar refractivity (Wildman–Crippen MR) is 157 cm³/mol. The third-order valence-corrected chi connectivity index (χ3v) is 31.3. The molecule has 15 heteroatoms. The molecule has 5 saturated carbocycles. The van der Waals surface area contributed by atoms with E-state index < -0.39 is 44.0 Å². The topological polar surface area (TPSA) is 92.3 Å². The van der Waals surface area contributed by atoms with Crippen molar-refractivity contribution in [2.75, 3.05) is 33.0 Å². The van der Waals surface area contributed by atoms with Crippen LogP contribution in [0.5, 0.6) is 0 Å². The van der Waals surface area contributed by atoms with E-state index >= 15 is 0 Å². The molecule has 0 spiro atoms. The van der Waals surface area contributed by atoms with Crippen molar-refractivity contribution in [3.63, 3.8) is 0 Å². The molecule has 1 saturated heterocycles. The van der Waals surface area contributed by atoms with Gasteiger partial charge in [-0.25, -0.2) is 0 Å². The maximum absolute atomic E-state index is 7.41. The fourth-order valence-electron chi connectivity index (χ4n) is 6.00. The van der Waals surface area contributed by atoms with Crippen LogP contribution in [0, 0.1) is 0 Å². The van der Waals surface area contributed by atoms with Crippen LogP contribution in [-0.2, 0) is 42.7 Å². The lowest BCUT2D eigenvalue weighted by Gasteiger charge is -2.50.